The molecule has 3 N–H and O–H groups in total. The highest BCUT2D eigenvalue weighted by molar-refractivity contribution is 14.0. The van der Waals surface area contributed by atoms with Gasteiger partial charge < -0.3 is 10.6 Å². The smallest absolute Gasteiger partial charge is 0.211 e. The minimum absolute atomic E-state index is 0. The number of hydrogen-bond acceptors (Lipinski definition) is 4. The Morgan fingerprint density at radius 3 is 2.65 bits per heavy atom. The van der Waals surface area contributed by atoms with E-state index in [1.165, 1.54) is 18.6 Å². The van der Waals surface area contributed by atoms with Crippen molar-refractivity contribution in [3.05, 3.63) is 0 Å². The molecule has 0 amide bonds. The van der Waals surface area contributed by atoms with E-state index >= 15 is 0 Å². The Kier molecular flexibility index (Phi) is 11.1. The maximum Gasteiger partial charge on any atom is 0.211 e. The van der Waals surface area contributed by atoms with Gasteiger partial charge in [0.15, 0.2) is 5.96 Å². The zero-order chi connectivity index (χ0) is 14.1. The fraction of sp³-hybridized carbons (Fsp3) is 0.909. The number of rotatable bonds is 7. The van der Waals surface area contributed by atoms with Gasteiger partial charge >= 0.3 is 0 Å². The van der Waals surface area contributed by atoms with Crippen LogP contribution in [0.3, 0.4) is 0 Å². The lowest BCUT2D eigenvalue weighted by Crippen LogP contribution is -2.43. The summed E-state index contributed by atoms with van der Waals surface area (Å²) in [5, 5.41) is 7.02. The van der Waals surface area contributed by atoms with Crippen LogP contribution < -0.4 is 15.4 Å². The summed E-state index contributed by atoms with van der Waals surface area (Å²) in [7, 11) is -1.39. The van der Waals surface area contributed by atoms with Gasteiger partial charge in [-0.1, -0.05) is 0 Å². The third-order valence-electron chi connectivity index (χ3n) is 2.86. The number of nitrogens with one attached hydrogen (secondary N) is 3. The first kappa shape index (κ1) is 20.3. The quantitative estimate of drug-likeness (QED) is 0.236. The lowest BCUT2D eigenvalue weighted by atomic mass is 10.2. The zero-order valence-corrected chi connectivity index (χ0v) is 16.0. The van der Waals surface area contributed by atoms with Crippen molar-refractivity contribution in [2.45, 2.75) is 25.0 Å². The van der Waals surface area contributed by atoms with Crippen LogP contribution in [0.1, 0.15) is 19.8 Å². The molecular weight excluding hydrogens is 411 g/mol. The number of halogens is 1. The van der Waals surface area contributed by atoms with Gasteiger partial charge in [0.1, 0.15) is 0 Å². The summed E-state index contributed by atoms with van der Waals surface area (Å²) >= 11 is 1.99. The van der Waals surface area contributed by atoms with Crippen molar-refractivity contribution in [1.29, 1.82) is 0 Å². The molecule has 1 unspecified atom stereocenters. The second-order valence-corrected chi connectivity index (χ2v) is 7.82. The highest BCUT2D eigenvalue weighted by Crippen LogP contribution is 2.25. The van der Waals surface area contributed by atoms with Crippen molar-refractivity contribution >= 4 is 51.7 Å². The van der Waals surface area contributed by atoms with Crippen molar-refractivity contribution in [2.24, 2.45) is 4.99 Å². The highest BCUT2D eigenvalue weighted by atomic mass is 127. The van der Waals surface area contributed by atoms with Crippen molar-refractivity contribution in [1.82, 2.24) is 15.4 Å². The predicted octanol–water partition coefficient (Wildman–Crippen LogP) is 0.604. The molecule has 1 saturated heterocycles. The third-order valence-corrected chi connectivity index (χ3v) is 5.67. The van der Waals surface area contributed by atoms with Gasteiger partial charge in [0.05, 0.1) is 5.75 Å². The Hall–Kier alpha value is 0.260. The van der Waals surface area contributed by atoms with Gasteiger partial charge in [0.2, 0.25) is 10.0 Å². The highest BCUT2D eigenvalue weighted by Gasteiger charge is 2.15. The number of aliphatic imine (C=N–C) groups is 1. The first-order valence-corrected chi connectivity index (χ1v) is 9.31. The van der Waals surface area contributed by atoms with Gasteiger partial charge in [-0.15, -0.1) is 24.0 Å². The van der Waals surface area contributed by atoms with E-state index in [-0.39, 0.29) is 29.7 Å². The molecule has 1 heterocycles. The van der Waals surface area contributed by atoms with Crippen LogP contribution in [0.15, 0.2) is 4.99 Å². The predicted molar refractivity (Wildman–Crippen MR) is 97.7 cm³/mol. The summed E-state index contributed by atoms with van der Waals surface area (Å²) in [6.45, 7) is 3.42. The molecule has 6 nitrogen and oxygen atoms in total. The Morgan fingerprint density at radius 1 is 1.35 bits per heavy atom. The molecule has 1 rings (SSSR count). The van der Waals surface area contributed by atoms with Gasteiger partial charge in [0, 0.05) is 31.9 Å². The average Bonchev–Trinajstić information content (AvgIpc) is 2.91. The molecule has 1 fully saturated rings. The second kappa shape index (κ2) is 10.9. The van der Waals surface area contributed by atoms with Crippen molar-refractivity contribution in [3.63, 3.8) is 0 Å². The molecule has 1 aliphatic rings. The molecule has 9 heteroatoms. The molecule has 1 aliphatic heterocycles. The van der Waals surface area contributed by atoms with E-state index in [1.54, 1.807) is 14.0 Å². The van der Waals surface area contributed by atoms with E-state index in [9.17, 15) is 8.42 Å². The number of sulfonamides is 1. The first-order chi connectivity index (χ1) is 9.07. The summed E-state index contributed by atoms with van der Waals surface area (Å²) in [5.41, 5.74) is 0. The minimum Gasteiger partial charge on any atom is -0.355 e. The fourth-order valence-electron chi connectivity index (χ4n) is 1.73. The Morgan fingerprint density at radius 2 is 2.10 bits per heavy atom. The molecule has 1 atom stereocenters. The number of hydrogen-bond donors (Lipinski definition) is 3. The standard InChI is InChI=1S/C11H24N4O2S2.HI/c1-3-19(16,17)15-7-6-13-11(12-2)14-9-10-5-4-8-18-10;/h10,15H,3-9H2,1-2H3,(H2,12,13,14);1H. The Bertz CT molecular complexity index is 384. The third kappa shape index (κ3) is 8.53. The van der Waals surface area contributed by atoms with E-state index in [1.807, 2.05) is 11.8 Å². The molecule has 0 aromatic carbocycles. The summed E-state index contributed by atoms with van der Waals surface area (Å²) in [6, 6.07) is 0. The van der Waals surface area contributed by atoms with Crippen LogP contribution in [0, 0.1) is 0 Å². The largest absolute Gasteiger partial charge is 0.355 e. The second-order valence-electron chi connectivity index (χ2n) is 4.31. The SMILES string of the molecule is CCS(=O)(=O)NCCNC(=NC)NCC1CCCS1.I. The summed E-state index contributed by atoms with van der Waals surface area (Å²) in [4.78, 5) is 4.11. The van der Waals surface area contributed by atoms with Gasteiger partial charge in [-0.3, -0.25) is 4.99 Å². The summed E-state index contributed by atoms with van der Waals surface area (Å²) in [5.74, 6) is 2.08. The normalized spacial score (nSPS) is 19.5. The molecule has 0 bridgehead atoms. The molecule has 0 radical (unpaired) electrons. The van der Waals surface area contributed by atoms with Crippen molar-refractivity contribution < 1.29 is 8.42 Å². The molecule has 0 saturated carbocycles. The van der Waals surface area contributed by atoms with Crippen LogP contribution in [-0.4, -0.2) is 57.8 Å². The van der Waals surface area contributed by atoms with Gasteiger partial charge in [0.25, 0.3) is 0 Å². The van der Waals surface area contributed by atoms with Crippen molar-refractivity contribution in [2.75, 3.05) is 38.2 Å². The first-order valence-electron chi connectivity index (χ1n) is 6.61. The van der Waals surface area contributed by atoms with Gasteiger partial charge in [-0.25, -0.2) is 13.1 Å². The van der Waals surface area contributed by atoms with Crippen LogP contribution in [-0.2, 0) is 10.0 Å². The maximum atomic E-state index is 11.2. The average molecular weight is 436 g/mol. The molecule has 120 valence electrons. The molecule has 0 aromatic heterocycles. The lowest BCUT2D eigenvalue weighted by molar-refractivity contribution is 0.581. The fourth-order valence-corrected chi connectivity index (χ4v) is 3.54. The molecule has 0 spiro atoms. The van der Waals surface area contributed by atoms with Gasteiger partial charge in [-0.2, -0.15) is 11.8 Å². The van der Waals surface area contributed by atoms with Crippen LogP contribution >= 0.6 is 35.7 Å². The van der Waals surface area contributed by atoms with E-state index in [2.05, 4.69) is 20.3 Å². The number of thioether (sulfide) groups is 1. The van der Waals surface area contributed by atoms with E-state index in [0.29, 0.717) is 18.3 Å². The van der Waals surface area contributed by atoms with Crippen LogP contribution in [0.5, 0.6) is 0 Å². The van der Waals surface area contributed by atoms with Gasteiger partial charge in [-0.05, 0) is 25.5 Å². The maximum absolute atomic E-state index is 11.2. The van der Waals surface area contributed by atoms with Crippen LogP contribution in [0.4, 0.5) is 0 Å². The Labute approximate surface area is 143 Å². The van der Waals surface area contributed by atoms with Crippen LogP contribution in [0.2, 0.25) is 0 Å². The summed E-state index contributed by atoms with van der Waals surface area (Å²) in [6.07, 6.45) is 2.55. The number of guanidine groups is 1. The summed E-state index contributed by atoms with van der Waals surface area (Å²) < 4.78 is 25.0. The zero-order valence-electron chi connectivity index (χ0n) is 12.0. The molecule has 0 aromatic rings. The monoisotopic (exact) mass is 436 g/mol. The molecular formula is C11H25IN4O2S2. The van der Waals surface area contributed by atoms with E-state index in [4.69, 9.17) is 0 Å². The van der Waals surface area contributed by atoms with E-state index < -0.39 is 10.0 Å². The number of nitrogens with zero attached hydrogens (tertiary/aromatic N) is 1. The molecule has 0 aliphatic carbocycles. The van der Waals surface area contributed by atoms with Crippen LogP contribution in [0.25, 0.3) is 0 Å². The van der Waals surface area contributed by atoms with Crippen molar-refractivity contribution in [3.8, 4) is 0 Å². The molecule has 20 heavy (non-hydrogen) atoms. The topological polar surface area (TPSA) is 82.6 Å². The lowest BCUT2D eigenvalue weighted by Gasteiger charge is -2.14. The van der Waals surface area contributed by atoms with E-state index in [0.717, 1.165) is 12.5 Å². The Balaban J connectivity index is 0.00000361. The minimum atomic E-state index is -3.10.